The number of benzene rings is 2. The second-order valence-corrected chi connectivity index (χ2v) is 7.93. The van der Waals surface area contributed by atoms with E-state index >= 15 is 0 Å². The predicted molar refractivity (Wildman–Crippen MR) is 122 cm³/mol. The number of nitrogens with one attached hydrogen (secondary N) is 1. The Hall–Kier alpha value is -2.64. The lowest BCUT2D eigenvalue weighted by atomic mass is 10.1. The van der Waals surface area contributed by atoms with Crippen molar-refractivity contribution in [2.75, 3.05) is 32.1 Å². The molecule has 1 aliphatic rings. The summed E-state index contributed by atoms with van der Waals surface area (Å²) in [4.78, 5) is 15.1. The van der Waals surface area contributed by atoms with E-state index in [1.165, 1.54) is 0 Å². The predicted octanol–water partition coefficient (Wildman–Crippen LogP) is 3.81. The molecule has 6 nitrogen and oxygen atoms in total. The summed E-state index contributed by atoms with van der Waals surface area (Å²) in [6, 6.07) is 13.1. The summed E-state index contributed by atoms with van der Waals surface area (Å²) in [6.07, 6.45) is 0.256. The zero-order chi connectivity index (χ0) is 21.7. The van der Waals surface area contributed by atoms with E-state index < -0.39 is 0 Å². The van der Waals surface area contributed by atoms with Gasteiger partial charge in [-0.15, -0.1) is 0 Å². The van der Waals surface area contributed by atoms with Gasteiger partial charge in [0.15, 0.2) is 18.1 Å². The van der Waals surface area contributed by atoms with Gasteiger partial charge in [-0.05, 0) is 56.7 Å². The Morgan fingerprint density at radius 3 is 2.57 bits per heavy atom. The number of rotatable bonds is 6. The van der Waals surface area contributed by atoms with E-state index in [1.807, 2.05) is 57.2 Å². The molecule has 3 rings (SSSR count). The number of hydrogen-bond acceptors (Lipinski definition) is 5. The van der Waals surface area contributed by atoms with Crippen LogP contribution in [0.4, 0.5) is 5.69 Å². The van der Waals surface area contributed by atoms with Gasteiger partial charge in [0.2, 0.25) is 0 Å². The molecule has 0 aliphatic carbocycles. The first kappa shape index (κ1) is 22.1. The van der Waals surface area contributed by atoms with E-state index in [0.29, 0.717) is 11.5 Å². The van der Waals surface area contributed by atoms with Crippen LogP contribution in [-0.2, 0) is 9.53 Å². The highest BCUT2D eigenvalue weighted by molar-refractivity contribution is 7.80. The van der Waals surface area contributed by atoms with Crippen LogP contribution in [0.2, 0.25) is 0 Å². The maximum Gasteiger partial charge on any atom is 0.262 e. The van der Waals surface area contributed by atoms with Gasteiger partial charge in [0, 0.05) is 24.3 Å². The first-order valence-corrected chi connectivity index (χ1v) is 10.4. The quantitative estimate of drug-likeness (QED) is 0.706. The number of hydrogen-bond donors (Lipinski definition) is 1. The molecule has 2 aromatic carbocycles. The lowest BCUT2D eigenvalue weighted by Gasteiger charge is -2.37. The molecule has 30 heavy (non-hydrogen) atoms. The van der Waals surface area contributed by atoms with Crippen molar-refractivity contribution < 1.29 is 19.0 Å². The van der Waals surface area contributed by atoms with Crippen LogP contribution in [0.3, 0.4) is 0 Å². The van der Waals surface area contributed by atoms with Gasteiger partial charge < -0.3 is 24.4 Å². The highest BCUT2D eigenvalue weighted by atomic mass is 32.1. The molecule has 0 aromatic heterocycles. The molecular weight excluding hydrogens is 400 g/mol. The summed E-state index contributed by atoms with van der Waals surface area (Å²) >= 11 is 5.70. The van der Waals surface area contributed by atoms with E-state index in [2.05, 4.69) is 10.2 Å². The summed E-state index contributed by atoms with van der Waals surface area (Å²) in [5.41, 5.74) is 2.69. The number of methoxy groups -OCH3 is 1. The summed E-state index contributed by atoms with van der Waals surface area (Å²) < 4.78 is 17.0. The van der Waals surface area contributed by atoms with Crippen LogP contribution >= 0.6 is 12.2 Å². The van der Waals surface area contributed by atoms with Crippen molar-refractivity contribution in [2.24, 2.45) is 0 Å². The van der Waals surface area contributed by atoms with E-state index in [-0.39, 0.29) is 24.7 Å². The maximum atomic E-state index is 12.2. The molecule has 0 radical (unpaired) electrons. The van der Waals surface area contributed by atoms with Crippen LogP contribution in [0.25, 0.3) is 0 Å². The van der Waals surface area contributed by atoms with E-state index in [1.54, 1.807) is 13.2 Å². The molecule has 2 aromatic rings. The van der Waals surface area contributed by atoms with Gasteiger partial charge in [0.1, 0.15) is 4.99 Å². The van der Waals surface area contributed by atoms with Crippen molar-refractivity contribution in [3.63, 3.8) is 0 Å². The molecule has 7 heteroatoms. The molecule has 1 heterocycles. The van der Waals surface area contributed by atoms with E-state index in [9.17, 15) is 4.79 Å². The standard InChI is InChI=1S/C23H28N2O4S/c1-15-6-5-7-19(10-15)24-22(26)14-28-20-9-8-18(11-21(20)27-4)23(30)25-12-16(2)29-17(3)13-25/h5-11,16-17H,12-14H2,1-4H3,(H,24,26)/t16-,17-/m1/s1. The summed E-state index contributed by atoms with van der Waals surface area (Å²) in [6.45, 7) is 7.45. The highest BCUT2D eigenvalue weighted by Gasteiger charge is 2.25. The van der Waals surface area contributed by atoms with Crippen molar-refractivity contribution in [3.05, 3.63) is 53.6 Å². The molecule has 0 bridgehead atoms. The minimum atomic E-state index is -0.237. The lowest BCUT2D eigenvalue weighted by Crippen LogP contribution is -2.47. The fourth-order valence-electron chi connectivity index (χ4n) is 3.51. The van der Waals surface area contributed by atoms with Crippen molar-refractivity contribution in [2.45, 2.75) is 33.0 Å². The SMILES string of the molecule is COc1cc(C(=S)N2C[C@@H](C)O[C@H](C)C2)ccc1OCC(=O)Nc1cccc(C)c1. The number of carbonyl (C=O) groups is 1. The van der Waals surface area contributed by atoms with E-state index in [0.717, 1.165) is 34.9 Å². The molecule has 1 aliphatic heterocycles. The normalized spacial score (nSPS) is 18.6. The van der Waals surface area contributed by atoms with Crippen molar-refractivity contribution >= 4 is 28.8 Å². The van der Waals surface area contributed by atoms with Crippen LogP contribution in [0, 0.1) is 6.92 Å². The van der Waals surface area contributed by atoms with Gasteiger partial charge in [-0.3, -0.25) is 4.79 Å². The number of anilines is 1. The van der Waals surface area contributed by atoms with Gasteiger partial charge in [0.05, 0.1) is 19.3 Å². The second kappa shape index (κ2) is 9.91. The number of nitrogens with zero attached hydrogens (tertiary/aromatic N) is 1. The first-order valence-electron chi connectivity index (χ1n) is 9.98. The monoisotopic (exact) mass is 428 g/mol. The van der Waals surface area contributed by atoms with Crippen LogP contribution in [0.5, 0.6) is 11.5 Å². The summed E-state index contributed by atoms with van der Waals surface area (Å²) in [5.74, 6) is 0.790. The molecule has 0 saturated carbocycles. The zero-order valence-electron chi connectivity index (χ0n) is 17.8. The number of morpholine rings is 1. The van der Waals surface area contributed by atoms with Crippen LogP contribution in [0.1, 0.15) is 25.0 Å². The Morgan fingerprint density at radius 2 is 1.90 bits per heavy atom. The van der Waals surface area contributed by atoms with Gasteiger partial charge >= 0.3 is 0 Å². The van der Waals surface area contributed by atoms with E-state index in [4.69, 9.17) is 26.4 Å². The first-order chi connectivity index (χ1) is 14.4. The fourth-order valence-corrected chi connectivity index (χ4v) is 3.79. The zero-order valence-corrected chi connectivity index (χ0v) is 18.6. The third-order valence-corrected chi connectivity index (χ3v) is 5.27. The lowest BCUT2D eigenvalue weighted by molar-refractivity contribution is -0.118. The third kappa shape index (κ3) is 5.70. The number of ether oxygens (including phenoxy) is 3. The van der Waals surface area contributed by atoms with Crippen molar-refractivity contribution in [1.29, 1.82) is 0 Å². The average molecular weight is 429 g/mol. The number of thiocarbonyl (C=S) groups is 1. The Kier molecular flexibility index (Phi) is 7.29. The Bertz CT molecular complexity index is 908. The number of aryl methyl sites for hydroxylation is 1. The van der Waals surface area contributed by atoms with Crippen molar-refractivity contribution in [3.8, 4) is 11.5 Å². The number of amides is 1. The number of carbonyl (C=O) groups excluding carboxylic acids is 1. The molecule has 0 unspecified atom stereocenters. The van der Waals surface area contributed by atoms with Crippen LogP contribution in [-0.4, -0.2) is 54.8 Å². The Labute approximate surface area is 183 Å². The van der Waals surface area contributed by atoms with Gasteiger partial charge in [-0.1, -0.05) is 24.4 Å². The average Bonchev–Trinajstić information content (AvgIpc) is 2.71. The summed E-state index contributed by atoms with van der Waals surface area (Å²) in [7, 11) is 1.57. The second-order valence-electron chi connectivity index (χ2n) is 7.54. The van der Waals surface area contributed by atoms with Crippen LogP contribution < -0.4 is 14.8 Å². The molecule has 2 atom stereocenters. The van der Waals surface area contributed by atoms with Gasteiger partial charge in [-0.25, -0.2) is 0 Å². The van der Waals surface area contributed by atoms with Crippen LogP contribution in [0.15, 0.2) is 42.5 Å². The minimum absolute atomic E-state index is 0.118. The van der Waals surface area contributed by atoms with Crippen molar-refractivity contribution in [1.82, 2.24) is 4.90 Å². The molecular formula is C23H28N2O4S. The Balaban J connectivity index is 1.64. The van der Waals surface area contributed by atoms with Gasteiger partial charge in [-0.2, -0.15) is 0 Å². The molecule has 0 spiro atoms. The fraction of sp³-hybridized carbons (Fsp3) is 0.391. The molecule has 1 amide bonds. The van der Waals surface area contributed by atoms with Gasteiger partial charge in [0.25, 0.3) is 5.91 Å². The maximum absolute atomic E-state index is 12.2. The molecule has 1 N–H and O–H groups in total. The smallest absolute Gasteiger partial charge is 0.262 e. The molecule has 160 valence electrons. The Morgan fingerprint density at radius 1 is 1.17 bits per heavy atom. The molecule has 1 fully saturated rings. The minimum Gasteiger partial charge on any atom is -0.493 e. The summed E-state index contributed by atoms with van der Waals surface area (Å²) in [5, 5.41) is 2.83. The largest absolute Gasteiger partial charge is 0.493 e. The third-order valence-electron chi connectivity index (χ3n) is 4.78. The highest BCUT2D eigenvalue weighted by Crippen LogP contribution is 2.29. The topological polar surface area (TPSA) is 60.0 Å². The molecule has 1 saturated heterocycles.